The number of aromatic nitrogens is 1. The fourth-order valence-electron chi connectivity index (χ4n) is 3.60. The molecule has 3 N–H and O–H groups in total. The molecule has 0 saturated heterocycles. The van der Waals surface area contributed by atoms with Gasteiger partial charge in [0, 0.05) is 24.5 Å². The third-order valence-electron chi connectivity index (χ3n) is 4.87. The van der Waals surface area contributed by atoms with Gasteiger partial charge in [0.25, 0.3) is 0 Å². The van der Waals surface area contributed by atoms with Crippen LogP contribution in [0.2, 0.25) is 10.0 Å². The van der Waals surface area contributed by atoms with E-state index in [1.54, 1.807) is 6.07 Å². The van der Waals surface area contributed by atoms with Crippen molar-refractivity contribution < 1.29 is 9.90 Å². The highest BCUT2D eigenvalue weighted by Crippen LogP contribution is 2.30. The molecule has 7 heteroatoms. The standard InChI is InChI=1S/C22H25Cl2N3O2/c1-3-6-17(11-21(28)29)26-20-8-5-4-7-19(20)25-12-15-9-14(2)27-13-16(23)10-18(24)22(15)27/h4-5,7-10,13,17,25-26H,3,6,11-12H2,1-2H3,(H,28,29). The second-order valence-corrected chi connectivity index (χ2v) is 8.01. The average molecular weight is 434 g/mol. The molecule has 5 nitrogen and oxygen atoms in total. The summed E-state index contributed by atoms with van der Waals surface area (Å²) < 4.78 is 2.00. The number of carbonyl (C=O) groups is 1. The van der Waals surface area contributed by atoms with Gasteiger partial charge in [-0.3, -0.25) is 4.79 Å². The number of fused-ring (bicyclic) bond motifs is 1. The van der Waals surface area contributed by atoms with E-state index < -0.39 is 5.97 Å². The van der Waals surface area contributed by atoms with Crippen molar-refractivity contribution in [2.24, 2.45) is 0 Å². The molecule has 3 aromatic rings. The first-order valence-electron chi connectivity index (χ1n) is 9.65. The van der Waals surface area contributed by atoms with E-state index >= 15 is 0 Å². The molecule has 154 valence electrons. The fourth-order valence-corrected chi connectivity index (χ4v) is 4.19. The van der Waals surface area contributed by atoms with Crippen molar-refractivity contribution in [3.05, 3.63) is 63.9 Å². The van der Waals surface area contributed by atoms with Crippen LogP contribution in [-0.4, -0.2) is 21.5 Å². The number of nitrogens with zero attached hydrogens (tertiary/aromatic N) is 1. The van der Waals surface area contributed by atoms with E-state index in [1.807, 2.05) is 41.8 Å². The van der Waals surface area contributed by atoms with Gasteiger partial charge in [0.2, 0.25) is 0 Å². The maximum Gasteiger partial charge on any atom is 0.305 e. The molecule has 1 unspecified atom stereocenters. The number of carboxylic acid groups (broad SMARTS) is 1. The minimum atomic E-state index is -0.801. The molecule has 0 aliphatic carbocycles. The summed E-state index contributed by atoms with van der Waals surface area (Å²) >= 11 is 12.6. The Labute approximate surface area is 180 Å². The zero-order valence-electron chi connectivity index (χ0n) is 16.5. The summed E-state index contributed by atoms with van der Waals surface area (Å²) in [6.07, 6.45) is 3.65. The molecule has 0 bridgehead atoms. The second-order valence-electron chi connectivity index (χ2n) is 7.16. The number of aryl methyl sites for hydroxylation is 1. The Kier molecular flexibility index (Phi) is 6.93. The molecule has 0 amide bonds. The Morgan fingerprint density at radius 2 is 1.93 bits per heavy atom. The molecule has 1 aromatic carbocycles. The van der Waals surface area contributed by atoms with Crippen LogP contribution in [0.4, 0.5) is 11.4 Å². The number of hydrogen-bond acceptors (Lipinski definition) is 3. The van der Waals surface area contributed by atoms with Gasteiger partial charge >= 0.3 is 5.97 Å². The summed E-state index contributed by atoms with van der Waals surface area (Å²) in [6, 6.07) is 11.6. The molecule has 0 spiro atoms. The molecule has 2 heterocycles. The van der Waals surface area contributed by atoms with Gasteiger partial charge in [-0.2, -0.15) is 0 Å². The highest BCUT2D eigenvalue weighted by Gasteiger charge is 2.15. The normalized spacial score (nSPS) is 12.1. The van der Waals surface area contributed by atoms with Gasteiger partial charge in [0.15, 0.2) is 0 Å². The maximum atomic E-state index is 11.2. The average Bonchev–Trinajstić information content (AvgIpc) is 2.96. The maximum absolute atomic E-state index is 11.2. The first kappa shape index (κ1) is 21.3. The van der Waals surface area contributed by atoms with Gasteiger partial charge in [-0.25, -0.2) is 0 Å². The van der Waals surface area contributed by atoms with Gasteiger partial charge in [0.1, 0.15) is 0 Å². The first-order chi connectivity index (χ1) is 13.9. The molecule has 2 aromatic heterocycles. The summed E-state index contributed by atoms with van der Waals surface area (Å²) in [4.78, 5) is 11.2. The Hall–Kier alpha value is -2.37. The minimum absolute atomic E-state index is 0.0852. The largest absolute Gasteiger partial charge is 0.481 e. The lowest BCUT2D eigenvalue weighted by molar-refractivity contribution is -0.137. The minimum Gasteiger partial charge on any atom is -0.481 e. The van der Waals surface area contributed by atoms with Crippen LogP contribution in [0.5, 0.6) is 0 Å². The van der Waals surface area contributed by atoms with E-state index in [2.05, 4.69) is 23.6 Å². The van der Waals surface area contributed by atoms with Crippen molar-refractivity contribution in [1.82, 2.24) is 4.40 Å². The molecule has 0 fully saturated rings. The van der Waals surface area contributed by atoms with Crippen molar-refractivity contribution >= 4 is 46.1 Å². The molecule has 0 radical (unpaired) electrons. The number of rotatable bonds is 9. The second kappa shape index (κ2) is 9.42. The first-order valence-corrected chi connectivity index (χ1v) is 10.4. The number of benzene rings is 1. The number of aliphatic carboxylic acids is 1. The van der Waals surface area contributed by atoms with E-state index in [0.717, 1.165) is 41.0 Å². The van der Waals surface area contributed by atoms with Crippen LogP contribution in [0, 0.1) is 6.92 Å². The van der Waals surface area contributed by atoms with Crippen LogP contribution in [0.1, 0.15) is 37.4 Å². The van der Waals surface area contributed by atoms with Gasteiger partial charge in [-0.05, 0) is 43.2 Å². The molecule has 0 aliphatic heterocycles. The topological polar surface area (TPSA) is 65.8 Å². The third-order valence-corrected chi connectivity index (χ3v) is 5.36. The molecule has 0 saturated carbocycles. The summed E-state index contributed by atoms with van der Waals surface area (Å²) in [5.41, 5.74) is 4.86. The summed E-state index contributed by atoms with van der Waals surface area (Å²) in [7, 11) is 0. The van der Waals surface area contributed by atoms with E-state index in [4.69, 9.17) is 23.2 Å². The van der Waals surface area contributed by atoms with Crippen molar-refractivity contribution in [3.8, 4) is 0 Å². The lowest BCUT2D eigenvalue weighted by Crippen LogP contribution is -2.23. The zero-order chi connectivity index (χ0) is 21.0. The van der Waals surface area contributed by atoms with Crippen LogP contribution < -0.4 is 10.6 Å². The molecular weight excluding hydrogens is 409 g/mol. The molecule has 0 aliphatic rings. The van der Waals surface area contributed by atoms with E-state index in [0.29, 0.717) is 16.6 Å². The Morgan fingerprint density at radius 1 is 1.21 bits per heavy atom. The van der Waals surface area contributed by atoms with Crippen molar-refractivity contribution in [2.75, 3.05) is 10.6 Å². The van der Waals surface area contributed by atoms with Crippen LogP contribution >= 0.6 is 23.2 Å². The van der Waals surface area contributed by atoms with Gasteiger partial charge in [0.05, 0.1) is 33.4 Å². The fraction of sp³-hybridized carbons (Fsp3) is 0.318. The van der Waals surface area contributed by atoms with Gasteiger partial charge in [-0.1, -0.05) is 48.7 Å². The summed E-state index contributed by atoms with van der Waals surface area (Å²) in [5, 5.41) is 17.2. The predicted octanol–water partition coefficient (Wildman–Crippen LogP) is 6.22. The number of anilines is 2. The third kappa shape index (κ3) is 5.17. The number of pyridine rings is 1. The summed E-state index contributed by atoms with van der Waals surface area (Å²) in [5.74, 6) is -0.801. The smallest absolute Gasteiger partial charge is 0.305 e. The van der Waals surface area contributed by atoms with Crippen molar-refractivity contribution in [2.45, 2.75) is 45.7 Å². The van der Waals surface area contributed by atoms with Crippen molar-refractivity contribution in [1.29, 1.82) is 0 Å². The lowest BCUT2D eigenvalue weighted by Gasteiger charge is -2.20. The number of para-hydroxylation sites is 2. The van der Waals surface area contributed by atoms with Crippen LogP contribution in [-0.2, 0) is 11.3 Å². The van der Waals surface area contributed by atoms with Crippen LogP contribution in [0.3, 0.4) is 0 Å². The van der Waals surface area contributed by atoms with E-state index in [9.17, 15) is 9.90 Å². The Bertz CT molecular complexity index is 1020. The van der Waals surface area contributed by atoms with E-state index in [-0.39, 0.29) is 12.5 Å². The SMILES string of the molecule is CCCC(CC(=O)O)Nc1ccccc1NCc1cc(C)n2cc(Cl)cc(Cl)c12. The van der Waals surface area contributed by atoms with Crippen LogP contribution in [0.25, 0.3) is 5.52 Å². The lowest BCUT2D eigenvalue weighted by atomic mass is 10.1. The number of halogens is 2. The van der Waals surface area contributed by atoms with Crippen LogP contribution in [0.15, 0.2) is 42.6 Å². The monoisotopic (exact) mass is 433 g/mol. The van der Waals surface area contributed by atoms with Crippen molar-refractivity contribution in [3.63, 3.8) is 0 Å². The Morgan fingerprint density at radius 3 is 2.62 bits per heavy atom. The predicted molar refractivity (Wildman–Crippen MR) is 120 cm³/mol. The molecule has 3 rings (SSSR count). The quantitative estimate of drug-likeness (QED) is 0.374. The number of carboxylic acids is 1. The molecule has 1 atom stereocenters. The summed E-state index contributed by atoms with van der Waals surface area (Å²) in [6.45, 7) is 4.64. The zero-order valence-corrected chi connectivity index (χ0v) is 18.0. The number of nitrogens with one attached hydrogen (secondary N) is 2. The highest BCUT2D eigenvalue weighted by atomic mass is 35.5. The highest BCUT2D eigenvalue weighted by molar-refractivity contribution is 6.36. The molecular formula is C22H25Cl2N3O2. The van der Waals surface area contributed by atoms with E-state index in [1.165, 1.54) is 0 Å². The molecule has 29 heavy (non-hydrogen) atoms. The van der Waals surface area contributed by atoms with Gasteiger partial charge in [-0.15, -0.1) is 0 Å². The Balaban J connectivity index is 1.82. The number of hydrogen-bond donors (Lipinski definition) is 3. The van der Waals surface area contributed by atoms with Gasteiger partial charge < -0.3 is 20.1 Å².